The molecule has 1 aromatic carbocycles. The summed E-state index contributed by atoms with van der Waals surface area (Å²) in [5, 5.41) is 16.0. The largest absolute Gasteiger partial charge is 0.420 e. The second kappa shape index (κ2) is 8.23. The monoisotopic (exact) mass is 448 g/mol. The minimum atomic E-state index is -4.71. The molecular formula is C21H20F4N6O. The van der Waals surface area contributed by atoms with Crippen LogP contribution in [0, 0.1) is 5.82 Å². The van der Waals surface area contributed by atoms with E-state index in [0.29, 0.717) is 23.1 Å². The number of benzene rings is 1. The Labute approximate surface area is 181 Å². The molecule has 3 N–H and O–H groups in total. The Morgan fingerprint density at radius 2 is 1.75 bits per heavy atom. The molecule has 32 heavy (non-hydrogen) atoms. The first-order chi connectivity index (χ1) is 15.1. The number of aromatic nitrogens is 3. The van der Waals surface area contributed by atoms with Crippen LogP contribution in [-0.4, -0.2) is 44.9 Å². The van der Waals surface area contributed by atoms with Crippen LogP contribution in [0.25, 0.3) is 0 Å². The number of nitrogens with one attached hydrogen (secondary N) is 2. The van der Waals surface area contributed by atoms with E-state index in [-0.39, 0.29) is 11.9 Å². The lowest BCUT2D eigenvalue weighted by molar-refractivity contribution is -0.267. The van der Waals surface area contributed by atoms with Crippen LogP contribution in [0.5, 0.6) is 0 Å². The lowest BCUT2D eigenvalue weighted by Gasteiger charge is -2.48. The average Bonchev–Trinajstić information content (AvgIpc) is 2.71. The Morgan fingerprint density at radius 3 is 2.38 bits per heavy atom. The molecule has 1 aliphatic rings. The molecule has 4 rings (SSSR count). The Bertz CT molecular complexity index is 1070. The average molecular weight is 448 g/mol. The van der Waals surface area contributed by atoms with Crippen molar-refractivity contribution in [3.8, 4) is 0 Å². The van der Waals surface area contributed by atoms with Crippen molar-refractivity contribution in [2.75, 3.05) is 28.6 Å². The third-order valence-corrected chi connectivity index (χ3v) is 5.16. The molecular weight excluding hydrogens is 428 g/mol. The Hall–Kier alpha value is -3.47. The lowest BCUT2D eigenvalue weighted by atomic mass is 9.93. The molecule has 11 heteroatoms. The fourth-order valence-electron chi connectivity index (χ4n) is 3.34. The number of hydrogen-bond donors (Lipinski definition) is 3. The molecule has 7 nitrogen and oxygen atoms in total. The van der Waals surface area contributed by atoms with Gasteiger partial charge in [0.05, 0.1) is 19.3 Å². The van der Waals surface area contributed by atoms with Gasteiger partial charge in [-0.1, -0.05) is 12.1 Å². The summed E-state index contributed by atoms with van der Waals surface area (Å²) in [7, 11) is 0. The van der Waals surface area contributed by atoms with E-state index in [0.717, 1.165) is 5.56 Å². The minimum absolute atomic E-state index is 0.258. The summed E-state index contributed by atoms with van der Waals surface area (Å²) in [5.41, 5.74) is -1.50. The number of pyridine rings is 1. The number of β-amino-alcohol motifs (C(OH)–C–C–N with tert-alkyl or cyclic N) is 1. The first kappa shape index (κ1) is 21.8. The summed E-state index contributed by atoms with van der Waals surface area (Å²) in [6.07, 6.45) is -0.241. The Balaban J connectivity index is 1.59. The number of hydrogen-bond acceptors (Lipinski definition) is 7. The SMILES string of the molecule is CC(Nc1cc(N2CC(O)(C(F)(F)F)C2)cc(Nc2cnccn2)n1)c1ccc(F)cc1. The fourth-order valence-corrected chi connectivity index (χ4v) is 3.34. The molecule has 1 unspecified atom stereocenters. The number of nitrogens with zero attached hydrogens (tertiary/aromatic N) is 4. The zero-order chi connectivity index (χ0) is 22.9. The van der Waals surface area contributed by atoms with Gasteiger partial charge in [-0.25, -0.2) is 14.4 Å². The summed E-state index contributed by atoms with van der Waals surface area (Å²) < 4.78 is 52.4. The highest BCUT2D eigenvalue weighted by molar-refractivity contribution is 5.66. The summed E-state index contributed by atoms with van der Waals surface area (Å²) in [4.78, 5) is 13.9. The van der Waals surface area contributed by atoms with Crippen molar-refractivity contribution in [3.63, 3.8) is 0 Å². The predicted molar refractivity (Wildman–Crippen MR) is 111 cm³/mol. The van der Waals surface area contributed by atoms with Crippen LogP contribution >= 0.6 is 0 Å². The molecule has 0 saturated carbocycles. The highest BCUT2D eigenvalue weighted by atomic mass is 19.4. The molecule has 3 heterocycles. The van der Waals surface area contributed by atoms with Crippen LogP contribution in [0.2, 0.25) is 0 Å². The first-order valence-electron chi connectivity index (χ1n) is 9.74. The van der Waals surface area contributed by atoms with Gasteiger partial charge in [0.2, 0.25) is 0 Å². The number of anilines is 4. The quantitative estimate of drug-likeness (QED) is 0.491. The number of alkyl halides is 3. The van der Waals surface area contributed by atoms with Crippen molar-refractivity contribution >= 4 is 23.1 Å². The van der Waals surface area contributed by atoms with Crippen molar-refractivity contribution in [1.82, 2.24) is 15.0 Å². The zero-order valence-electron chi connectivity index (χ0n) is 16.9. The summed E-state index contributed by atoms with van der Waals surface area (Å²) in [6, 6.07) is 8.86. The van der Waals surface area contributed by atoms with Crippen LogP contribution < -0.4 is 15.5 Å². The second-order valence-electron chi connectivity index (χ2n) is 7.61. The van der Waals surface area contributed by atoms with E-state index >= 15 is 0 Å². The molecule has 0 amide bonds. The summed E-state index contributed by atoms with van der Waals surface area (Å²) in [5.74, 6) is 0.768. The van der Waals surface area contributed by atoms with Gasteiger partial charge >= 0.3 is 6.18 Å². The molecule has 1 atom stereocenters. The Morgan fingerprint density at radius 1 is 1.06 bits per heavy atom. The van der Waals surface area contributed by atoms with E-state index in [4.69, 9.17) is 0 Å². The summed E-state index contributed by atoms with van der Waals surface area (Å²) >= 11 is 0. The van der Waals surface area contributed by atoms with E-state index in [9.17, 15) is 22.7 Å². The predicted octanol–water partition coefficient (Wildman–Crippen LogP) is 4.04. The minimum Gasteiger partial charge on any atom is -0.378 e. The normalized spacial score (nSPS) is 16.2. The third-order valence-electron chi connectivity index (χ3n) is 5.16. The molecule has 0 radical (unpaired) electrons. The van der Waals surface area contributed by atoms with E-state index < -0.39 is 24.9 Å². The van der Waals surface area contributed by atoms with Crippen LogP contribution in [0.3, 0.4) is 0 Å². The second-order valence-corrected chi connectivity index (χ2v) is 7.61. The van der Waals surface area contributed by atoms with Crippen LogP contribution in [0.1, 0.15) is 18.5 Å². The molecule has 0 spiro atoms. The molecule has 1 fully saturated rings. The maximum atomic E-state index is 13.2. The van der Waals surface area contributed by atoms with Gasteiger partial charge in [0.1, 0.15) is 23.3 Å². The lowest BCUT2D eigenvalue weighted by Crippen LogP contribution is -2.69. The van der Waals surface area contributed by atoms with Crippen LogP contribution in [0.15, 0.2) is 55.0 Å². The zero-order valence-corrected chi connectivity index (χ0v) is 16.9. The van der Waals surface area contributed by atoms with E-state index in [1.54, 1.807) is 24.3 Å². The van der Waals surface area contributed by atoms with Gasteiger partial charge in [-0.05, 0) is 24.6 Å². The van der Waals surface area contributed by atoms with Gasteiger partial charge in [-0.15, -0.1) is 0 Å². The van der Waals surface area contributed by atoms with Gasteiger partial charge in [-0.3, -0.25) is 4.98 Å². The van der Waals surface area contributed by atoms with Gasteiger partial charge in [0, 0.05) is 36.3 Å². The molecule has 0 bridgehead atoms. The molecule has 2 aromatic heterocycles. The van der Waals surface area contributed by atoms with Crippen molar-refractivity contribution in [2.24, 2.45) is 0 Å². The maximum absolute atomic E-state index is 13.2. The van der Waals surface area contributed by atoms with Gasteiger partial charge < -0.3 is 20.6 Å². The van der Waals surface area contributed by atoms with Crippen molar-refractivity contribution < 1.29 is 22.7 Å². The number of rotatable bonds is 6. The maximum Gasteiger partial charge on any atom is 0.420 e. The molecule has 1 aliphatic heterocycles. The van der Waals surface area contributed by atoms with Crippen LogP contribution in [0.4, 0.5) is 40.7 Å². The molecule has 3 aromatic rings. The van der Waals surface area contributed by atoms with Crippen LogP contribution in [-0.2, 0) is 0 Å². The van der Waals surface area contributed by atoms with Crippen molar-refractivity contribution in [2.45, 2.75) is 24.7 Å². The van der Waals surface area contributed by atoms with Gasteiger partial charge in [0.25, 0.3) is 0 Å². The van der Waals surface area contributed by atoms with E-state index in [2.05, 4.69) is 25.6 Å². The van der Waals surface area contributed by atoms with Crippen molar-refractivity contribution in [1.29, 1.82) is 0 Å². The smallest absolute Gasteiger partial charge is 0.378 e. The standard InChI is InChI=1S/C21H20F4N6O/c1-13(14-2-4-15(22)5-3-14)28-17-8-16(31-11-20(32,12-31)21(23,24)25)9-18(29-17)30-19-10-26-6-7-27-19/h2-10,13,32H,11-12H2,1H3,(H2,27,28,29,30). The van der Waals surface area contributed by atoms with Gasteiger partial charge in [0.15, 0.2) is 5.60 Å². The Kier molecular flexibility index (Phi) is 5.59. The van der Waals surface area contributed by atoms with E-state index in [1.165, 1.54) is 35.6 Å². The van der Waals surface area contributed by atoms with E-state index in [1.807, 2.05) is 6.92 Å². The van der Waals surface area contributed by atoms with Crippen molar-refractivity contribution in [3.05, 3.63) is 66.4 Å². The highest BCUT2D eigenvalue weighted by Gasteiger charge is 2.61. The highest BCUT2D eigenvalue weighted by Crippen LogP contribution is 2.41. The summed E-state index contributed by atoms with van der Waals surface area (Å²) in [6.45, 7) is 0.680. The molecule has 0 aliphatic carbocycles. The molecule has 1 saturated heterocycles. The van der Waals surface area contributed by atoms with Gasteiger partial charge in [-0.2, -0.15) is 13.2 Å². The topological polar surface area (TPSA) is 86.2 Å². The number of halogens is 4. The number of aliphatic hydroxyl groups is 1. The molecule has 168 valence electrons. The third kappa shape index (κ3) is 4.57. The first-order valence-corrected chi connectivity index (χ1v) is 9.74. The fraction of sp³-hybridized carbons (Fsp3) is 0.286.